The number of hydrogen-bond acceptors (Lipinski definition) is 3. The fourth-order valence-corrected chi connectivity index (χ4v) is 3.85. The van der Waals surface area contributed by atoms with E-state index in [9.17, 15) is 0 Å². The molecule has 18 heavy (non-hydrogen) atoms. The predicted molar refractivity (Wildman–Crippen MR) is 81.1 cm³/mol. The average molecular weight is 332 g/mol. The Morgan fingerprint density at radius 1 is 1.50 bits per heavy atom. The van der Waals surface area contributed by atoms with Gasteiger partial charge in [-0.3, -0.25) is 0 Å². The maximum atomic E-state index is 6.00. The molecular formula is C14H22BrNOS. The van der Waals surface area contributed by atoms with E-state index in [0.29, 0.717) is 6.04 Å². The summed E-state index contributed by atoms with van der Waals surface area (Å²) in [6, 6.07) is 2.79. The first-order valence-electron chi connectivity index (χ1n) is 6.77. The average Bonchev–Trinajstić information content (AvgIpc) is 2.82. The zero-order valence-electron chi connectivity index (χ0n) is 11.2. The van der Waals surface area contributed by atoms with Crippen LogP contribution in [0.4, 0.5) is 0 Å². The highest BCUT2D eigenvalue weighted by atomic mass is 79.9. The molecule has 0 bridgehead atoms. The van der Waals surface area contributed by atoms with Gasteiger partial charge < -0.3 is 10.1 Å². The quantitative estimate of drug-likeness (QED) is 0.866. The Morgan fingerprint density at radius 2 is 2.28 bits per heavy atom. The lowest BCUT2D eigenvalue weighted by Crippen LogP contribution is -2.46. The molecule has 2 heterocycles. The summed E-state index contributed by atoms with van der Waals surface area (Å²) in [5.41, 5.74) is 1.49. The van der Waals surface area contributed by atoms with Gasteiger partial charge in [0.2, 0.25) is 0 Å². The van der Waals surface area contributed by atoms with Gasteiger partial charge in [-0.15, -0.1) is 11.3 Å². The molecule has 2 rings (SSSR count). The Morgan fingerprint density at radius 3 is 2.89 bits per heavy atom. The monoisotopic (exact) mass is 331 g/mol. The second kappa shape index (κ2) is 6.51. The van der Waals surface area contributed by atoms with E-state index < -0.39 is 0 Å². The van der Waals surface area contributed by atoms with Crippen molar-refractivity contribution in [1.82, 2.24) is 5.32 Å². The van der Waals surface area contributed by atoms with Crippen molar-refractivity contribution < 1.29 is 4.74 Å². The minimum atomic E-state index is 0.116. The Labute approximate surface area is 122 Å². The molecule has 4 heteroatoms. The van der Waals surface area contributed by atoms with E-state index in [1.165, 1.54) is 9.35 Å². The normalized spacial score (nSPS) is 23.2. The van der Waals surface area contributed by atoms with Crippen LogP contribution in [0.15, 0.2) is 15.2 Å². The van der Waals surface area contributed by atoms with Crippen LogP contribution in [0.2, 0.25) is 0 Å². The first-order chi connectivity index (χ1) is 8.67. The van der Waals surface area contributed by atoms with Crippen LogP contribution in [0.5, 0.6) is 0 Å². The standard InChI is InChI=1S/C14H22BrNOS/c1-3-14(4-2)8-12(5-6-17-14)16-9-11-7-13(15)18-10-11/h7,10,12,16H,3-6,8-9H2,1-2H3. The molecule has 1 fully saturated rings. The fraction of sp³-hybridized carbons (Fsp3) is 0.714. The van der Waals surface area contributed by atoms with Crippen LogP contribution in [0.3, 0.4) is 0 Å². The van der Waals surface area contributed by atoms with E-state index >= 15 is 0 Å². The number of thiophene rings is 1. The molecule has 1 unspecified atom stereocenters. The second-order valence-electron chi connectivity index (χ2n) is 5.07. The van der Waals surface area contributed by atoms with E-state index in [-0.39, 0.29) is 5.60 Å². The predicted octanol–water partition coefficient (Wildman–Crippen LogP) is 4.34. The topological polar surface area (TPSA) is 21.3 Å². The third-order valence-electron chi connectivity index (χ3n) is 4.00. The number of hydrogen-bond donors (Lipinski definition) is 1. The SMILES string of the molecule is CCC1(CC)CC(NCc2csc(Br)c2)CCO1. The van der Waals surface area contributed by atoms with Gasteiger partial charge in [-0.2, -0.15) is 0 Å². The summed E-state index contributed by atoms with van der Waals surface area (Å²) in [4.78, 5) is 0. The lowest BCUT2D eigenvalue weighted by atomic mass is 9.86. The third-order valence-corrected chi connectivity index (χ3v) is 5.55. The summed E-state index contributed by atoms with van der Waals surface area (Å²) in [7, 11) is 0. The van der Waals surface area contributed by atoms with Gasteiger partial charge in [-0.05, 0) is 58.6 Å². The van der Waals surface area contributed by atoms with Crippen molar-refractivity contribution in [2.45, 2.75) is 57.7 Å². The van der Waals surface area contributed by atoms with Gasteiger partial charge in [-0.1, -0.05) is 13.8 Å². The summed E-state index contributed by atoms with van der Waals surface area (Å²) in [5.74, 6) is 0. The third kappa shape index (κ3) is 3.56. The Kier molecular flexibility index (Phi) is 5.24. The molecule has 1 atom stereocenters. The summed E-state index contributed by atoms with van der Waals surface area (Å²) in [5, 5.41) is 5.89. The molecule has 2 nitrogen and oxygen atoms in total. The smallest absolute Gasteiger partial charge is 0.0701 e. The molecule has 0 saturated carbocycles. The van der Waals surface area contributed by atoms with E-state index in [0.717, 1.165) is 38.8 Å². The lowest BCUT2D eigenvalue weighted by Gasteiger charge is -2.40. The number of ether oxygens (including phenoxy) is 1. The molecule has 1 aliphatic rings. The number of rotatable bonds is 5. The van der Waals surface area contributed by atoms with Gasteiger partial charge in [-0.25, -0.2) is 0 Å². The van der Waals surface area contributed by atoms with Gasteiger partial charge in [0.25, 0.3) is 0 Å². The van der Waals surface area contributed by atoms with Crippen LogP contribution in [0, 0.1) is 0 Å². The van der Waals surface area contributed by atoms with Crippen LogP contribution in [-0.2, 0) is 11.3 Å². The number of nitrogens with one attached hydrogen (secondary N) is 1. The molecule has 0 amide bonds. The fourth-order valence-electron chi connectivity index (χ4n) is 2.65. The van der Waals surface area contributed by atoms with E-state index in [1.807, 2.05) is 0 Å². The summed E-state index contributed by atoms with van der Waals surface area (Å²) in [6.45, 7) is 6.34. The minimum Gasteiger partial charge on any atom is -0.375 e. The molecule has 0 aromatic carbocycles. The first kappa shape index (κ1) is 14.5. The zero-order valence-corrected chi connectivity index (χ0v) is 13.6. The Balaban J connectivity index is 1.86. The second-order valence-corrected chi connectivity index (χ2v) is 7.36. The van der Waals surface area contributed by atoms with Crippen molar-refractivity contribution in [3.63, 3.8) is 0 Å². The van der Waals surface area contributed by atoms with Crippen molar-refractivity contribution >= 4 is 27.3 Å². The minimum absolute atomic E-state index is 0.116. The van der Waals surface area contributed by atoms with E-state index in [1.54, 1.807) is 11.3 Å². The number of halogens is 1. The van der Waals surface area contributed by atoms with Crippen LogP contribution in [0.1, 0.15) is 45.1 Å². The molecule has 1 aliphatic heterocycles. The molecule has 1 aromatic rings. The maximum absolute atomic E-state index is 6.00. The Hall–Kier alpha value is 0.1000. The molecule has 0 radical (unpaired) electrons. The molecular weight excluding hydrogens is 310 g/mol. The van der Waals surface area contributed by atoms with Gasteiger partial charge in [0.15, 0.2) is 0 Å². The molecule has 1 aromatic heterocycles. The lowest BCUT2D eigenvalue weighted by molar-refractivity contribution is -0.0932. The van der Waals surface area contributed by atoms with Crippen LogP contribution < -0.4 is 5.32 Å². The van der Waals surface area contributed by atoms with Gasteiger partial charge >= 0.3 is 0 Å². The van der Waals surface area contributed by atoms with E-state index in [2.05, 4.69) is 46.5 Å². The van der Waals surface area contributed by atoms with Crippen molar-refractivity contribution in [3.05, 3.63) is 20.8 Å². The highest BCUT2D eigenvalue weighted by Gasteiger charge is 2.34. The Bertz CT molecular complexity index is 376. The molecule has 1 saturated heterocycles. The van der Waals surface area contributed by atoms with Crippen molar-refractivity contribution in [2.24, 2.45) is 0 Å². The molecule has 1 N–H and O–H groups in total. The van der Waals surface area contributed by atoms with Gasteiger partial charge in [0.1, 0.15) is 0 Å². The summed E-state index contributed by atoms with van der Waals surface area (Å²) < 4.78 is 7.22. The van der Waals surface area contributed by atoms with Crippen LogP contribution in [0.25, 0.3) is 0 Å². The van der Waals surface area contributed by atoms with Crippen molar-refractivity contribution in [3.8, 4) is 0 Å². The van der Waals surface area contributed by atoms with Crippen LogP contribution >= 0.6 is 27.3 Å². The van der Waals surface area contributed by atoms with Crippen molar-refractivity contribution in [2.75, 3.05) is 6.61 Å². The van der Waals surface area contributed by atoms with Gasteiger partial charge in [0, 0.05) is 19.2 Å². The van der Waals surface area contributed by atoms with Gasteiger partial charge in [0.05, 0.1) is 9.39 Å². The zero-order chi connectivity index (χ0) is 13.0. The highest BCUT2D eigenvalue weighted by molar-refractivity contribution is 9.11. The first-order valence-corrected chi connectivity index (χ1v) is 8.45. The molecule has 0 aliphatic carbocycles. The highest BCUT2D eigenvalue weighted by Crippen LogP contribution is 2.31. The summed E-state index contributed by atoms with van der Waals surface area (Å²) >= 11 is 5.26. The van der Waals surface area contributed by atoms with Crippen molar-refractivity contribution in [1.29, 1.82) is 0 Å². The maximum Gasteiger partial charge on any atom is 0.0701 e. The summed E-state index contributed by atoms with van der Waals surface area (Å²) in [6.07, 6.45) is 4.51. The largest absolute Gasteiger partial charge is 0.375 e. The molecule has 102 valence electrons. The van der Waals surface area contributed by atoms with Crippen LogP contribution in [-0.4, -0.2) is 18.2 Å². The molecule has 0 spiro atoms. The van der Waals surface area contributed by atoms with E-state index in [4.69, 9.17) is 4.74 Å².